The molecule has 3 rings (SSSR count). The number of hydrogen-bond acceptors (Lipinski definition) is 5. The predicted molar refractivity (Wildman–Crippen MR) is 153 cm³/mol. The molecule has 2 atom stereocenters. The van der Waals surface area contributed by atoms with Crippen LogP contribution in [-0.2, 0) is 14.3 Å². The van der Waals surface area contributed by atoms with Crippen LogP contribution in [0.2, 0.25) is 0 Å². The normalized spacial score (nSPS) is 15.1. The Hall–Kier alpha value is -3.55. The summed E-state index contributed by atoms with van der Waals surface area (Å²) in [7, 11) is 1.59. The highest BCUT2D eigenvalue weighted by atomic mass is 16.6. The fraction of sp³-hybridized carbons (Fsp3) is 0.516. The first kappa shape index (κ1) is 30.0. The van der Waals surface area contributed by atoms with Gasteiger partial charge in [0.1, 0.15) is 23.4 Å². The molecule has 1 fully saturated rings. The number of carbonyl (C=O) groups excluding carboxylic acids is 3. The minimum Gasteiger partial charge on any atom is -0.497 e. The van der Waals surface area contributed by atoms with Gasteiger partial charge in [0.2, 0.25) is 5.91 Å². The number of alkyl carbamates (subject to hydrolysis) is 1. The lowest BCUT2D eigenvalue weighted by Gasteiger charge is -2.44. The van der Waals surface area contributed by atoms with E-state index in [1.807, 2.05) is 45.9 Å². The van der Waals surface area contributed by atoms with Crippen molar-refractivity contribution in [3.8, 4) is 5.75 Å². The van der Waals surface area contributed by atoms with Gasteiger partial charge in [0.25, 0.3) is 5.91 Å². The molecule has 3 amide bonds. The van der Waals surface area contributed by atoms with Crippen LogP contribution in [0, 0.1) is 19.8 Å². The number of amides is 3. The van der Waals surface area contributed by atoms with Crippen molar-refractivity contribution in [3.63, 3.8) is 0 Å². The largest absolute Gasteiger partial charge is 0.497 e. The second-order valence-corrected chi connectivity index (χ2v) is 11.7. The van der Waals surface area contributed by atoms with Crippen LogP contribution in [0.5, 0.6) is 5.75 Å². The summed E-state index contributed by atoms with van der Waals surface area (Å²) >= 11 is 0. The van der Waals surface area contributed by atoms with Gasteiger partial charge in [-0.3, -0.25) is 9.59 Å². The van der Waals surface area contributed by atoms with Crippen LogP contribution in [0.4, 0.5) is 10.5 Å². The lowest BCUT2D eigenvalue weighted by Crippen LogP contribution is -2.58. The molecule has 212 valence electrons. The lowest BCUT2D eigenvalue weighted by molar-refractivity contribution is -0.146. The van der Waals surface area contributed by atoms with Crippen molar-refractivity contribution >= 4 is 23.6 Å². The molecule has 0 radical (unpaired) electrons. The molecule has 0 heterocycles. The Morgan fingerprint density at radius 1 is 1.00 bits per heavy atom. The molecule has 2 N–H and O–H groups in total. The monoisotopic (exact) mass is 537 g/mol. The number of aryl methyl sites for hydroxylation is 2. The van der Waals surface area contributed by atoms with E-state index in [1.165, 1.54) is 0 Å². The smallest absolute Gasteiger partial charge is 0.408 e. The van der Waals surface area contributed by atoms with Crippen molar-refractivity contribution in [2.75, 3.05) is 12.4 Å². The Morgan fingerprint density at radius 3 is 2.15 bits per heavy atom. The Labute approximate surface area is 232 Å². The van der Waals surface area contributed by atoms with E-state index in [1.54, 1.807) is 57.0 Å². The second kappa shape index (κ2) is 12.5. The van der Waals surface area contributed by atoms with E-state index in [-0.39, 0.29) is 23.8 Å². The molecule has 1 aliphatic rings. The van der Waals surface area contributed by atoms with Gasteiger partial charge in [0.05, 0.1) is 7.11 Å². The quantitative estimate of drug-likeness (QED) is 0.414. The molecule has 8 nitrogen and oxygen atoms in total. The van der Waals surface area contributed by atoms with Crippen molar-refractivity contribution < 1.29 is 23.9 Å². The minimum atomic E-state index is -0.883. The maximum absolute atomic E-state index is 14.3. The zero-order chi connectivity index (χ0) is 28.9. The fourth-order valence-electron chi connectivity index (χ4n) is 4.65. The summed E-state index contributed by atoms with van der Waals surface area (Å²) in [5.41, 5.74) is 2.56. The zero-order valence-corrected chi connectivity index (χ0v) is 24.5. The molecule has 0 aromatic heterocycles. The van der Waals surface area contributed by atoms with Crippen molar-refractivity contribution in [2.24, 2.45) is 5.92 Å². The third-order valence-electron chi connectivity index (χ3n) is 6.94. The van der Waals surface area contributed by atoms with Crippen molar-refractivity contribution in [1.29, 1.82) is 0 Å². The van der Waals surface area contributed by atoms with Crippen LogP contribution in [0.3, 0.4) is 0 Å². The van der Waals surface area contributed by atoms with Gasteiger partial charge in [-0.1, -0.05) is 37.6 Å². The summed E-state index contributed by atoms with van der Waals surface area (Å²) in [6.45, 7) is 13.0. The predicted octanol–water partition coefficient (Wildman–Crippen LogP) is 5.92. The fourth-order valence-corrected chi connectivity index (χ4v) is 4.65. The number of anilines is 1. The third kappa shape index (κ3) is 7.74. The van der Waals surface area contributed by atoms with E-state index in [4.69, 9.17) is 9.47 Å². The van der Waals surface area contributed by atoms with Gasteiger partial charge >= 0.3 is 6.09 Å². The van der Waals surface area contributed by atoms with Crippen LogP contribution < -0.4 is 15.4 Å². The van der Waals surface area contributed by atoms with Gasteiger partial charge < -0.3 is 25.0 Å². The van der Waals surface area contributed by atoms with Gasteiger partial charge in [-0.25, -0.2) is 4.79 Å². The number of carbonyl (C=O) groups is 3. The first-order valence-electron chi connectivity index (χ1n) is 13.6. The Bertz CT molecular complexity index is 1170. The van der Waals surface area contributed by atoms with Gasteiger partial charge in [-0.2, -0.15) is 0 Å². The number of hydrogen-bond donors (Lipinski definition) is 2. The molecule has 8 heteroatoms. The molecule has 0 spiro atoms. The summed E-state index contributed by atoms with van der Waals surface area (Å²) < 4.78 is 10.7. The first-order chi connectivity index (χ1) is 18.3. The highest BCUT2D eigenvalue weighted by molar-refractivity contribution is 5.99. The van der Waals surface area contributed by atoms with E-state index < -0.39 is 23.8 Å². The van der Waals surface area contributed by atoms with Gasteiger partial charge in [0.15, 0.2) is 0 Å². The minimum absolute atomic E-state index is 0.120. The molecule has 2 aromatic rings. The Balaban J connectivity index is 2.04. The van der Waals surface area contributed by atoms with Gasteiger partial charge in [-0.15, -0.1) is 0 Å². The molecule has 1 saturated carbocycles. The molecule has 0 saturated heterocycles. The maximum atomic E-state index is 14.3. The summed E-state index contributed by atoms with van der Waals surface area (Å²) in [4.78, 5) is 42.8. The summed E-state index contributed by atoms with van der Waals surface area (Å²) in [5.74, 6) is -0.153. The standard InChI is InChI=1S/C31H43N3O5/c1-19(2)26(33-30(37)39-31(5,6)7)29(36)34(23-10-9-11-23)27(25-18-20(3)12-13-21(25)4)28(35)32-22-14-16-24(38-8)17-15-22/h12-19,23,26-27H,9-11H2,1-8H3,(H,32,35)(H,33,37). The molecule has 0 bridgehead atoms. The van der Waals surface area contributed by atoms with Gasteiger partial charge in [-0.05, 0) is 95.2 Å². The van der Waals surface area contributed by atoms with E-state index >= 15 is 0 Å². The van der Waals surface area contributed by atoms with Crippen LogP contribution in [0.1, 0.15) is 76.6 Å². The Morgan fingerprint density at radius 2 is 1.64 bits per heavy atom. The second-order valence-electron chi connectivity index (χ2n) is 11.7. The highest BCUT2D eigenvalue weighted by Gasteiger charge is 2.43. The SMILES string of the molecule is COc1ccc(NC(=O)C(c2cc(C)ccc2C)N(C(=O)C(NC(=O)OC(C)(C)C)C(C)C)C2CCC2)cc1. The maximum Gasteiger partial charge on any atom is 0.408 e. The molecule has 39 heavy (non-hydrogen) atoms. The molecule has 2 aromatic carbocycles. The van der Waals surface area contributed by atoms with Crippen LogP contribution in [0.15, 0.2) is 42.5 Å². The summed E-state index contributed by atoms with van der Waals surface area (Å²) in [5, 5.41) is 5.81. The molecule has 0 aliphatic heterocycles. The molecule has 2 unspecified atom stereocenters. The average Bonchev–Trinajstić information content (AvgIpc) is 2.82. The number of ether oxygens (including phenoxy) is 2. The summed E-state index contributed by atoms with van der Waals surface area (Å²) in [6.07, 6.45) is 1.90. The molecular formula is C31H43N3O5. The van der Waals surface area contributed by atoms with Crippen molar-refractivity contribution in [1.82, 2.24) is 10.2 Å². The molecule has 1 aliphatic carbocycles. The zero-order valence-electron chi connectivity index (χ0n) is 24.5. The number of nitrogens with zero attached hydrogens (tertiary/aromatic N) is 1. The van der Waals surface area contributed by atoms with Crippen LogP contribution in [0.25, 0.3) is 0 Å². The van der Waals surface area contributed by atoms with E-state index in [9.17, 15) is 14.4 Å². The molecular weight excluding hydrogens is 494 g/mol. The highest BCUT2D eigenvalue weighted by Crippen LogP contribution is 2.36. The number of rotatable bonds is 9. The van der Waals surface area contributed by atoms with E-state index in [0.717, 1.165) is 36.0 Å². The first-order valence-corrected chi connectivity index (χ1v) is 13.6. The van der Waals surface area contributed by atoms with Gasteiger partial charge in [0, 0.05) is 11.7 Å². The summed E-state index contributed by atoms with van der Waals surface area (Å²) in [6, 6.07) is 11.2. The van der Waals surface area contributed by atoms with E-state index in [2.05, 4.69) is 10.6 Å². The number of methoxy groups -OCH3 is 1. The lowest BCUT2D eigenvalue weighted by atomic mass is 9.86. The van der Waals surface area contributed by atoms with Crippen molar-refractivity contribution in [2.45, 2.75) is 91.5 Å². The van der Waals surface area contributed by atoms with Crippen LogP contribution >= 0.6 is 0 Å². The van der Waals surface area contributed by atoms with E-state index in [0.29, 0.717) is 11.4 Å². The number of benzene rings is 2. The topological polar surface area (TPSA) is 97.0 Å². The third-order valence-corrected chi connectivity index (χ3v) is 6.94. The average molecular weight is 538 g/mol. The Kier molecular flexibility index (Phi) is 9.64. The van der Waals surface area contributed by atoms with Crippen molar-refractivity contribution in [3.05, 3.63) is 59.2 Å². The van der Waals surface area contributed by atoms with Crippen LogP contribution in [-0.4, -0.2) is 47.6 Å². The number of nitrogens with one attached hydrogen (secondary N) is 2.